The Morgan fingerprint density at radius 1 is 1.31 bits per heavy atom. The molecule has 1 aromatic carbocycles. The fourth-order valence-electron chi connectivity index (χ4n) is 1.60. The molecule has 0 saturated heterocycles. The average molecular weight is 224 g/mol. The van der Waals surface area contributed by atoms with E-state index in [1.807, 2.05) is 13.8 Å². The Bertz CT molecular complexity index is 346. The molecule has 0 unspecified atom stereocenters. The first-order valence-electron chi connectivity index (χ1n) is 5.99. The number of hydrogen-bond acceptors (Lipinski definition) is 2. The Hall–Kier alpha value is -1.25. The summed E-state index contributed by atoms with van der Waals surface area (Å²) in [6.07, 6.45) is 3.58. The fourth-order valence-corrected chi connectivity index (χ4v) is 1.60. The molecular weight excluding hydrogens is 203 g/mol. The van der Waals surface area contributed by atoms with E-state index in [0.717, 1.165) is 18.5 Å². The highest BCUT2D eigenvalue weighted by Crippen LogP contribution is 2.28. The van der Waals surface area contributed by atoms with E-state index in [-0.39, 0.29) is 5.82 Å². The zero-order valence-electron chi connectivity index (χ0n) is 10.3. The van der Waals surface area contributed by atoms with Gasteiger partial charge in [-0.3, -0.25) is 0 Å². The largest absolute Gasteiger partial charge is 0.397 e. The van der Waals surface area contributed by atoms with Crippen molar-refractivity contribution in [1.82, 2.24) is 0 Å². The summed E-state index contributed by atoms with van der Waals surface area (Å²) < 4.78 is 13.2. The van der Waals surface area contributed by atoms with Gasteiger partial charge in [0.1, 0.15) is 5.82 Å². The third-order valence-electron chi connectivity index (χ3n) is 2.80. The molecule has 2 rings (SSSR count). The summed E-state index contributed by atoms with van der Waals surface area (Å²) in [5, 5.41) is 3.25. The SMILES string of the molecule is CC.Cc1cc(N)c(NC2CCC2)cc1F. The lowest BCUT2D eigenvalue weighted by atomic mass is 9.93. The maximum absolute atomic E-state index is 13.2. The van der Waals surface area contributed by atoms with Crippen LogP contribution in [0, 0.1) is 12.7 Å². The number of anilines is 2. The first-order valence-corrected chi connectivity index (χ1v) is 5.99. The van der Waals surface area contributed by atoms with E-state index in [1.165, 1.54) is 12.5 Å². The zero-order valence-corrected chi connectivity index (χ0v) is 10.3. The van der Waals surface area contributed by atoms with Crippen molar-refractivity contribution in [2.24, 2.45) is 0 Å². The molecule has 0 bridgehead atoms. The van der Waals surface area contributed by atoms with Crippen LogP contribution in [-0.2, 0) is 0 Å². The van der Waals surface area contributed by atoms with E-state index in [4.69, 9.17) is 5.73 Å². The predicted octanol–water partition coefficient (Wildman–Crippen LogP) is 3.71. The number of hydrogen-bond donors (Lipinski definition) is 2. The number of halogens is 1. The van der Waals surface area contributed by atoms with Gasteiger partial charge in [-0.05, 0) is 43.9 Å². The van der Waals surface area contributed by atoms with Gasteiger partial charge in [0.15, 0.2) is 0 Å². The monoisotopic (exact) mass is 224 g/mol. The van der Waals surface area contributed by atoms with Crippen molar-refractivity contribution < 1.29 is 4.39 Å². The number of aryl methyl sites for hydroxylation is 1. The van der Waals surface area contributed by atoms with Gasteiger partial charge in [-0.1, -0.05) is 13.8 Å². The molecule has 1 aliphatic rings. The Morgan fingerprint density at radius 2 is 1.94 bits per heavy atom. The third-order valence-corrected chi connectivity index (χ3v) is 2.80. The lowest BCUT2D eigenvalue weighted by Gasteiger charge is -2.28. The van der Waals surface area contributed by atoms with Crippen molar-refractivity contribution in [3.05, 3.63) is 23.5 Å². The summed E-state index contributed by atoms with van der Waals surface area (Å²) in [5.74, 6) is -0.193. The summed E-state index contributed by atoms with van der Waals surface area (Å²) >= 11 is 0. The van der Waals surface area contributed by atoms with Crippen LogP contribution in [0.2, 0.25) is 0 Å². The number of rotatable bonds is 2. The summed E-state index contributed by atoms with van der Waals surface area (Å²) in [6, 6.07) is 3.65. The number of nitrogen functional groups attached to an aromatic ring is 1. The van der Waals surface area contributed by atoms with Gasteiger partial charge in [-0.2, -0.15) is 0 Å². The maximum atomic E-state index is 13.2. The molecule has 0 atom stereocenters. The molecule has 1 saturated carbocycles. The van der Waals surface area contributed by atoms with Gasteiger partial charge in [-0.25, -0.2) is 4.39 Å². The standard InChI is InChI=1S/C11H15FN2.C2H6/c1-7-5-10(13)11(6-9(7)12)14-8-3-2-4-8;1-2/h5-6,8,14H,2-4,13H2,1H3;1-2H3. The van der Waals surface area contributed by atoms with E-state index in [0.29, 0.717) is 17.3 Å². The van der Waals surface area contributed by atoms with E-state index < -0.39 is 0 Å². The van der Waals surface area contributed by atoms with Crippen LogP contribution in [0.3, 0.4) is 0 Å². The first kappa shape index (κ1) is 12.8. The molecular formula is C13H21FN2. The van der Waals surface area contributed by atoms with Gasteiger partial charge in [0.25, 0.3) is 0 Å². The van der Waals surface area contributed by atoms with Crippen molar-refractivity contribution >= 4 is 11.4 Å². The molecule has 1 fully saturated rings. The third kappa shape index (κ3) is 2.87. The van der Waals surface area contributed by atoms with Crippen molar-refractivity contribution in [2.45, 2.75) is 46.1 Å². The molecule has 0 heterocycles. The molecule has 1 aromatic rings. The summed E-state index contributed by atoms with van der Waals surface area (Å²) in [6.45, 7) is 5.72. The zero-order chi connectivity index (χ0) is 12.1. The van der Waals surface area contributed by atoms with Gasteiger partial charge in [0, 0.05) is 6.04 Å². The smallest absolute Gasteiger partial charge is 0.128 e. The second-order valence-electron chi connectivity index (χ2n) is 3.96. The minimum absolute atomic E-state index is 0.193. The summed E-state index contributed by atoms with van der Waals surface area (Å²) in [7, 11) is 0. The van der Waals surface area contributed by atoms with Crippen LogP contribution in [0.1, 0.15) is 38.7 Å². The van der Waals surface area contributed by atoms with E-state index in [9.17, 15) is 4.39 Å². The second-order valence-corrected chi connectivity index (χ2v) is 3.96. The van der Waals surface area contributed by atoms with Gasteiger partial charge in [-0.15, -0.1) is 0 Å². The molecule has 0 radical (unpaired) electrons. The van der Waals surface area contributed by atoms with Crippen LogP contribution in [0.4, 0.5) is 15.8 Å². The Balaban J connectivity index is 0.000000606. The molecule has 0 aromatic heterocycles. The summed E-state index contributed by atoms with van der Waals surface area (Å²) in [5.41, 5.74) is 7.76. The van der Waals surface area contributed by atoms with Crippen LogP contribution < -0.4 is 11.1 Å². The molecule has 0 aliphatic heterocycles. The fraction of sp³-hybridized carbons (Fsp3) is 0.538. The van der Waals surface area contributed by atoms with Crippen molar-refractivity contribution in [2.75, 3.05) is 11.1 Å². The van der Waals surface area contributed by atoms with Crippen molar-refractivity contribution in [1.29, 1.82) is 0 Å². The average Bonchev–Trinajstić information content (AvgIpc) is 2.22. The molecule has 0 amide bonds. The minimum Gasteiger partial charge on any atom is -0.397 e. The molecule has 0 spiro atoms. The lowest BCUT2D eigenvalue weighted by molar-refractivity contribution is 0.445. The van der Waals surface area contributed by atoms with Gasteiger partial charge in [0.2, 0.25) is 0 Å². The van der Waals surface area contributed by atoms with Crippen LogP contribution in [0.5, 0.6) is 0 Å². The summed E-state index contributed by atoms with van der Waals surface area (Å²) in [4.78, 5) is 0. The van der Waals surface area contributed by atoms with E-state index in [1.54, 1.807) is 13.0 Å². The quantitative estimate of drug-likeness (QED) is 0.751. The maximum Gasteiger partial charge on any atom is 0.128 e. The van der Waals surface area contributed by atoms with Crippen LogP contribution in [0.15, 0.2) is 12.1 Å². The topological polar surface area (TPSA) is 38.0 Å². The highest BCUT2D eigenvalue weighted by molar-refractivity contribution is 5.67. The Morgan fingerprint density at radius 3 is 2.44 bits per heavy atom. The number of benzene rings is 1. The molecule has 3 N–H and O–H groups in total. The molecule has 90 valence electrons. The lowest BCUT2D eigenvalue weighted by Crippen LogP contribution is -2.27. The molecule has 2 nitrogen and oxygen atoms in total. The van der Waals surface area contributed by atoms with Gasteiger partial charge >= 0.3 is 0 Å². The number of nitrogens with two attached hydrogens (primary N) is 1. The van der Waals surface area contributed by atoms with E-state index >= 15 is 0 Å². The second kappa shape index (κ2) is 5.73. The van der Waals surface area contributed by atoms with Crippen molar-refractivity contribution in [3.8, 4) is 0 Å². The first-order chi connectivity index (χ1) is 7.66. The normalized spacial score (nSPS) is 14.8. The number of nitrogens with one attached hydrogen (secondary N) is 1. The van der Waals surface area contributed by atoms with Crippen LogP contribution in [0.25, 0.3) is 0 Å². The minimum atomic E-state index is -0.193. The van der Waals surface area contributed by atoms with Gasteiger partial charge in [0.05, 0.1) is 11.4 Å². The molecule has 1 aliphatic carbocycles. The Labute approximate surface area is 97.0 Å². The van der Waals surface area contributed by atoms with Crippen molar-refractivity contribution in [3.63, 3.8) is 0 Å². The highest BCUT2D eigenvalue weighted by Gasteiger charge is 2.18. The highest BCUT2D eigenvalue weighted by atomic mass is 19.1. The van der Waals surface area contributed by atoms with Crippen LogP contribution in [-0.4, -0.2) is 6.04 Å². The van der Waals surface area contributed by atoms with Crippen LogP contribution >= 0.6 is 0 Å². The molecule has 3 heteroatoms. The predicted molar refractivity (Wildman–Crippen MR) is 68.2 cm³/mol. The van der Waals surface area contributed by atoms with E-state index in [2.05, 4.69) is 5.32 Å². The molecule has 16 heavy (non-hydrogen) atoms. The Kier molecular flexibility index (Phi) is 4.59. The van der Waals surface area contributed by atoms with Gasteiger partial charge < -0.3 is 11.1 Å².